The molecule has 2 aromatic heterocycles. The Kier molecular flexibility index (Phi) is 3.31. The van der Waals surface area contributed by atoms with Gasteiger partial charge in [0.2, 0.25) is 0 Å². The van der Waals surface area contributed by atoms with Crippen LogP contribution >= 0.6 is 12.2 Å². The fourth-order valence-electron chi connectivity index (χ4n) is 2.90. The zero-order chi connectivity index (χ0) is 15.2. The van der Waals surface area contributed by atoms with Crippen molar-refractivity contribution in [2.24, 2.45) is 5.73 Å². The number of aromatic nitrogens is 3. The van der Waals surface area contributed by atoms with Crippen molar-refractivity contribution in [3.05, 3.63) is 23.7 Å². The predicted octanol–water partition coefficient (Wildman–Crippen LogP) is -0.0154. The molecular formula is C13H17N5O2S. The van der Waals surface area contributed by atoms with E-state index in [1.54, 1.807) is 4.52 Å². The Morgan fingerprint density at radius 2 is 2.43 bits per heavy atom. The predicted molar refractivity (Wildman–Crippen MR) is 82.1 cm³/mol. The van der Waals surface area contributed by atoms with Gasteiger partial charge in [-0.2, -0.15) is 5.10 Å². The van der Waals surface area contributed by atoms with E-state index in [0.29, 0.717) is 29.9 Å². The van der Waals surface area contributed by atoms with Crippen molar-refractivity contribution < 1.29 is 9.84 Å². The number of nitrogens with two attached hydrogens (primary N) is 2. The van der Waals surface area contributed by atoms with E-state index in [9.17, 15) is 5.11 Å². The third kappa shape index (κ3) is 2.15. The molecule has 7 nitrogen and oxygen atoms in total. The molecule has 2 unspecified atom stereocenters. The number of fused-ring (bicyclic) bond motifs is 1. The molecule has 5 N–H and O–H groups in total. The molecule has 1 fully saturated rings. The number of anilines is 1. The van der Waals surface area contributed by atoms with Gasteiger partial charge in [-0.15, -0.1) is 0 Å². The minimum absolute atomic E-state index is 0.00181. The van der Waals surface area contributed by atoms with E-state index in [-0.39, 0.29) is 23.1 Å². The summed E-state index contributed by atoms with van der Waals surface area (Å²) in [7, 11) is 0. The summed E-state index contributed by atoms with van der Waals surface area (Å²) in [6.45, 7) is 2.55. The van der Waals surface area contributed by atoms with Gasteiger partial charge in [0.05, 0.1) is 25.0 Å². The SMILES string of the molecule is CC1(c2cc(C(N)=S)c3c(N)ncnn23)COC(CO)C1. The molecule has 0 aromatic carbocycles. The lowest BCUT2D eigenvalue weighted by Gasteiger charge is -2.21. The molecule has 0 aliphatic carbocycles. The van der Waals surface area contributed by atoms with Crippen LogP contribution in [-0.4, -0.2) is 44.0 Å². The number of ether oxygens (including phenoxy) is 1. The first-order valence-corrected chi connectivity index (χ1v) is 7.02. The summed E-state index contributed by atoms with van der Waals surface area (Å²) in [5.74, 6) is 0.334. The molecule has 0 spiro atoms. The van der Waals surface area contributed by atoms with Crippen LogP contribution < -0.4 is 11.5 Å². The zero-order valence-electron chi connectivity index (χ0n) is 11.6. The van der Waals surface area contributed by atoms with Crippen molar-refractivity contribution >= 4 is 28.5 Å². The van der Waals surface area contributed by atoms with Crippen molar-refractivity contribution in [1.29, 1.82) is 0 Å². The molecular weight excluding hydrogens is 290 g/mol. The lowest BCUT2D eigenvalue weighted by molar-refractivity contribution is 0.0564. The van der Waals surface area contributed by atoms with E-state index in [2.05, 4.69) is 17.0 Å². The highest BCUT2D eigenvalue weighted by Crippen LogP contribution is 2.38. The molecule has 0 bridgehead atoms. The Balaban J connectivity index is 2.20. The lowest BCUT2D eigenvalue weighted by atomic mass is 9.84. The van der Waals surface area contributed by atoms with Gasteiger partial charge in [-0.1, -0.05) is 19.1 Å². The molecule has 0 amide bonds. The highest BCUT2D eigenvalue weighted by molar-refractivity contribution is 7.80. The van der Waals surface area contributed by atoms with Gasteiger partial charge in [0.1, 0.15) is 16.8 Å². The molecule has 0 saturated carbocycles. The second kappa shape index (κ2) is 4.90. The maximum atomic E-state index is 9.28. The molecule has 3 rings (SSSR count). The standard InChI is InChI=1S/C13H17N5O2S/c1-13(3-7(4-19)20-5-13)9-2-8(12(15)21)10-11(14)16-6-17-18(9)10/h2,6-7,19H,3-5H2,1H3,(H2,15,21)(H2,14,16,17). The monoisotopic (exact) mass is 307 g/mol. The van der Waals surface area contributed by atoms with Crippen LogP contribution in [0.2, 0.25) is 0 Å². The van der Waals surface area contributed by atoms with Crippen molar-refractivity contribution in [3.8, 4) is 0 Å². The number of rotatable bonds is 3. The summed E-state index contributed by atoms with van der Waals surface area (Å²) >= 11 is 5.10. The summed E-state index contributed by atoms with van der Waals surface area (Å²) in [4.78, 5) is 4.25. The Bertz CT molecular complexity index is 716. The van der Waals surface area contributed by atoms with Crippen LogP contribution in [-0.2, 0) is 10.2 Å². The van der Waals surface area contributed by atoms with Gasteiger partial charge >= 0.3 is 0 Å². The molecule has 112 valence electrons. The maximum Gasteiger partial charge on any atom is 0.152 e. The van der Waals surface area contributed by atoms with Gasteiger partial charge in [-0.05, 0) is 12.5 Å². The summed E-state index contributed by atoms with van der Waals surface area (Å²) < 4.78 is 7.34. The smallest absolute Gasteiger partial charge is 0.152 e. The Labute approximate surface area is 126 Å². The van der Waals surface area contributed by atoms with Crippen molar-refractivity contribution in [3.63, 3.8) is 0 Å². The van der Waals surface area contributed by atoms with E-state index >= 15 is 0 Å². The minimum Gasteiger partial charge on any atom is -0.394 e. The number of hydrogen-bond acceptors (Lipinski definition) is 6. The van der Waals surface area contributed by atoms with Gasteiger partial charge in [0, 0.05) is 11.0 Å². The molecule has 21 heavy (non-hydrogen) atoms. The summed E-state index contributed by atoms with van der Waals surface area (Å²) in [5, 5.41) is 13.6. The second-order valence-corrected chi connectivity index (χ2v) is 6.03. The third-order valence-corrected chi connectivity index (χ3v) is 4.21. The van der Waals surface area contributed by atoms with Crippen molar-refractivity contribution in [1.82, 2.24) is 14.6 Å². The highest BCUT2D eigenvalue weighted by Gasteiger charge is 2.40. The van der Waals surface area contributed by atoms with Gasteiger partial charge in [0.15, 0.2) is 5.82 Å². The number of hydrogen-bond donors (Lipinski definition) is 3. The Morgan fingerprint density at radius 1 is 1.67 bits per heavy atom. The molecule has 2 atom stereocenters. The van der Waals surface area contributed by atoms with Gasteiger partial charge in [-0.25, -0.2) is 9.50 Å². The van der Waals surface area contributed by atoms with Crippen LogP contribution in [0.3, 0.4) is 0 Å². The zero-order valence-corrected chi connectivity index (χ0v) is 12.4. The van der Waals surface area contributed by atoms with Crippen molar-refractivity contribution in [2.45, 2.75) is 24.9 Å². The van der Waals surface area contributed by atoms with Crippen LogP contribution in [0.15, 0.2) is 12.4 Å². The van der Waals surface area contributed by atoms with Crippen molar-refractivity contribution in [2.75, 3.05) is 18.9 Å². The number of aliphatic hydroxyl groups excluding tert-OH is 1. The van der Waals surface area contributed by atoms with E-state index in [1.807, 2.05) is 6.07 Å². The average molecular weight is 307 g/mol. The largest absolute Gasteiger partial charge is 0.394 e. The van der Waals surface area contributed by atoms with Crippen LogP contribution in [0.1, 0.15) is 24.6 Å². The molecule has 1 aliphatic rings. The van der Waals surface area contributed by atoms with Gasteiger partial charge in [0.25, 0.3) is 0 Å². The fourth-order valence-corrected chi connectivity index (χ4v) is 3.06. The summed E-state index contributed by atoms with van der Waals surface area (Å²) in [6.07, 6.45) is 1.92. The number of nitrogen functional groups attached to an aromatic ring is 1. The third-order valence-electron chi connectivity index (χ3n) is 3.99. The van der Waals surface area contributed by atoms with E-state index in [1.165, 1.54) is 6.33 Å². The number of thiocarbonyl (C=S) groups is 1. The van der Waals surface area contributed by atoms with Crippen LogP contribution in [0, 0.1) is 0 Å². The first kappa shape index (κ1) is 14.2. The molecule has 1 aliphatic heterocycles. The quantitative estimate of drug-likeness (QED) is 0.683. The summed E-state index contributed by atoms with van der Waals surface area (Å²) in [6, 6.07) is 1.89. The molecule has 3 heterocycles. The average Bonchev–Trinajstić information content (AvgIpc) is 3.01. The van der Waals surface area contributed by atoms with E-state index in [0.717, 1.165) is 5.69 Å². The summed E-state index contributed by atoms with van der Waals surface area (Å²) in [5.41, 5.74) is 13.6. The lowest BCUT2D eigenvalue weighted by Crippen LogP contribution is -2.25. The molecule has 8 heteroatoms. The normalized spacial score (nSPS) is 25.5. The fraction of sp³-hybridized carbons (Fsp3) is 0.462. The van der Waals surface area contributed by atoms with E-state index < -0.39 is 0 Å². The number of aliphatic hydroxyl groups is 1. The Hall–Kier alpha value is -1.77. The topological polar surface area (TPSA) is 112 Å². The molecule has 2 aromatic rings. The Morgan fingerprint density at radius 3 is 3.05 bits per heavy atom. The van der Waals surface area contributed by atoms with Crippen LogP contribution in [0.5, 0.6) is 0 Å². The first-order chi connectivity index (χ1) is 9.96. The van der Waals surface area contributed by atoms with Gasteiger partial charge in [-0.3, -0.25) is 0 Å². The van der Waals surface area contributed by atoms with Gasteiger partial charge < -0.3 is 21.3 Å². The minimum atomic E-state index is -0.292. The second-order valence-electron chi connectivity index (χ2n) is 5.59. The molecule has 0 radical (unpaired) electrons. The maximum absolute atomic E-state index is 9.28. The van der Waals surface area contributed by atoms with Crippen LogP contribution in [0.4, 0.5) is 5.82 Å². The molecule has 1 saturated heterocycles. The first-order valence-electron chi connectivity index (χ1n) is 6.61. The van der Waals surface area contributed by atoms with Crippen LogP contribution in [0.25, 0.3) is 5.52 Å². The number of nitrogens with zero attached hydrogens (tertiary/aromatic N) is 3. The van der Waals surface area contributed by atoms with E-state index in [4.69, 9.17) is 28.4 Å². The highest BCUT2D eigenvalue weighted by atomic mass is 32.1.